The van der Waals surface area contributed by atoms with E-state index in [1.807, 2.05) is 36.4 Å². The third-order valence-electron chi connectivity index (χ3n) is 3.32. The number of anilines is 2. The minimum atomic E-state index is -0.892. The Morgan fingerprint density at radius 3 is 2.53 bits per heavy atom. The maximum atomic E-state index is 11.3. The Hall–Kier alpha value is -2.49. The van der Waals surface area contributed by atoms with Crippen LogP contribution < -0.4 is 10.6 Å². The van der Waals surface area contributed by atoms with Crippen molar-refractivity contribution in [1.29, 1.82) is 0 Å². The summed E-state index contributed by atoms with van der Waals surface area (Å²) in [5.41, 5.74) is 3.20. The number of carbonyl (C=O) groups is 1. The molecule has 1 aliphatic rings. The number of rotatable bonds is 2. The second kappa shape index (κ2) is 4.65. The molecule has 4 nitrogen and oxygen atoms in total. The van der Waals surface area contributed by atoms with Crippen LogP contribution >= 0.6 is 0 Å². The Balaban J connectivity index is 1.95. The Kier molecular flexibility index (Phi) is 2.83. The van der Waals surface area contributed by atoms with Crippen LogP contribution in [0.5, 0.6) is 0 Å². The van der Waals surface area contributed by atoms with Crippen LogP contribution in [-0.2, 0) is 0 Å². The molecule has 0 fully saturated rings. The van der Waals surface area contributed by atoms with E-state index < -0.39 is 5.97 Å². The van der Waals surface area contributed by atoms with Gasteiger partial charge in [0.25, 0.3) is 0 Å². The molecule has 3 rings (SSSR count). The topological polar surface area (TPSA) is 61.4 Å². The molecule has 1 aliphatic heterocycles. The van der Waals surface area contributed by atoms with Crippen LogP contribution in [-0.4, -0.2) is 17.6 Å². The van der Waals surface area contributed by atoms with Gasteiger partial charge >= 0.3 is 5.97 Å². The van der Waals surface area contributed by atoms with Gasteiger partial charge in [0.05, 0.1) is 23.0 Å². The largest absolute Gasteiger partial charge is 0.478 e. The van der Waals surface area contributed by atoms with E-state index >= 15 is 0 Å². The highest BCUT2D eigenvalue weighted by molar-refractivity contribution is 5.90. The molecule has 2 aromatic carbocycles. The first-order valence-corrected chi connectivity index (χ1v) is 6.17. The second-order valence-electron chi connectivity index (χ2n) is 4.52. The predicted octanol–water partition coefficient (Wildman–Crippen LogP) is 2.96. The smallest absolute Gasteiger partial charge is 0.336 e. The maximum Gasteiger partial charge on any atom is 0.336 e. The van der Waals surface area contributed by atoms with Crippen LogP contribution in [0.1, 0.15) is 22.0 Å². The summed E-state index contributed by atoms with van der Waals surface area (Å²) in [5, 5.41) is 15.9. The molecular formula is C15H14N2O2. The van der Waals surface area contributed by atoms with Crippen molar-refractivity contribution in [3.63, 3.8) is 0 Å². The number of hydrogen-bond acceptors (Lipinski definition) is 3. The van der Waals surface area contributed by atoms with Crippen LogP contribution in [0, 0.1) is 0 Å². The minimum absolute atomic E-state index is 0.0396. The SMILES string of the molecule is O=C(O)c1ccccc1C1CNc2ccccc2N1. The second-order valence-corrected chi connectivity index (χ2v) is 4.52. The van der Waals surface area contributed by atoms with E-state index in [0.717, 1.165) is 16.9 Å². The molecule has 96 valence electrons. The molecule has 0 aromatic heterocycles. The summed E-state index contributed by atoms with van der Waals surface area (Å²) < 4.78 is 0. The van der Waals surface area contributed by atoms with E-state index in [1.54, 1.807) is 12.1 Å². The number of aromatic carboxylic acids is 1. The van der Waals surface area contributed by atoms with Gasteiger partial charge in [0.2, 0.25) is 0 Å². The molecular weight excluding hydrogens is 240 g/mol. The van der Waals surface area contributed by atoms with Crippen molar-refractivity contribution in [2.45, 2.75) is 6.04 Å². The van der Waals surface area contributed by atoms with Crippen molar-refractivity contribution in [2.24, 2.45) is 0 Å². The number of hydrogen-bond donors (Lipinski definition) is 3. The van der Waals surface area contributed by atoms with Gasteiger partial charge in [-0.3, -0.25) is 0 Å². The average Bonchev–Trinajstić information content (AvgIpc) is 2.46. The number of nitrogens with one attached hydrogen (secondary N) is 2. The Morgan fingerprint density at radius 1 is 1.05 bits per heavy atom. The zero-order chi connectivity index (χ0) is 13.2. The van der Waals surface area contributed by atoms with Crippen LogP contribution in [0.25, 0.3) is 0 Å². The molecule has 4 heteroatoms. The molecule has 0 saturated heterocycles. The molecule has 2 aromatic rings. The summed E-state index contributed by atoms with van der Waals surface area (Å²) in [5.74, 6) is -0.892. The highest BCUT2D eigenvalue weighted by Gasteiger charge is 2.22. The van der Waals surface area contributed by atoms with Crippen LogP contribution in [0.2, 0.25) is 0 Å². The van der Waals surface area contributed by atoms with Crippen LogP contribution in [0.3, 0.4) is 0 Å². The molecule has 0 bridgehead atoms. The van der Waals surface area contributed by atoms with Crippen molar-refractivity contribution in [2.75, 3.05) is 17.2 Å². The molecule has 0 saturated carbocycles. The van der Waals surface area contributed by atoms with E-state index in [1.165, 1.54) is 0 Å². The lowest BCUT2D eigenvalue weighted by Gasteiger charge is -2.29. The van der Waals surface area contributed by atoms with Crippen molar-refractivity contribution in [1.82, 2.24) is 0 Å². The van der Waals surface area contributed by atoms with Gasteiger partial charge in [-0.2, -0.15) is 0 Å². The molecule has 3 N–H and O–H groups in total. The van der Waals surface area contributed by atoms with Crippen LogP contribution in [0.15, 0.2) is 48.5 Å². The zero-order valence-corrected chi connectivity index (χ0v) is 10.3. The van der Waals surface area contributed by atoms with Gasteiger partial charge in [-0.05, 0) is 23.8 Å². The van der Waals surface area contributed by atoms with E-state index in [-0.39, 0.29) is 6.04 Å². The normalized spacial score (nSPS) is 16.9. The predicted molar refractivity (Wildman–Crippen MR) is 74.7 cm³/mol. The number of benzene rings is 2. The highest BCUT2D eigenvalue weighted by atomic mass is 16.4. The van der Waals surface area contributed by atoms with E-state index in [2.05, 4.69) is 10.6 Å². The number of carboxylic acid groups (broad SMARTS) is 1. The fraction of sp³-hybridized carbons (Fsp3) is 0.133. The Morgan fingerprint density at radius 2 is 1.74 bits per heavy atom. The van der Waals surface area contributed by atoms with E-state index in [0.29, 0.717) is 12.1 Å². The summed E-state index contributed by atoms with van der Waals surface area (Å²) >= 11 is 0. The van der Waals surface area contributed by atoms with Crippen molar-refractivity contribution in [3.8, 4) is 0 Å². The zero-order valence-electron chi connectivity index (χ0n) is 10.3. The van der Waals surface area contributed by atoms with Crippen molar-refractivity contribution in [3.05, 3.63) is 59.7 Å². The fourth-order valence-electron chi connectivity index (χ4n) is 2.40. The number of carboxylic acids is 1. The first-order chi connectivity index (χ1) is 9.25. The Labute approximate surface area is 111 Å². The van der Waals surface area contributed by atoms with E-state index in [9.17, 15) is 9.90 Å². The third kappa shape index (κ3) is 2.12. The number of fused-ring (bicyclic) bond motifs is 1. The van der Waals surface area contributed by atoms with Gasteiger partial charge in [0, 0.05) is 6.54 Å². The van der Waals surface area contributed by atoms with Gasteiger partial charge in [-0.1, -0.05) is 30.3 Å². The summed E-state index contributed by atoms with van der Waals surface area (Å²) in [6, 6.07) is 15.0. The molecule has 0 aliphatic carbocycles. The first kappa shape index (κ1) is 11.6. The lowest BCUT2D eigenvalue weighted by Crippen LogP contribution is -2.27. The van der Waals surface area contributed by atoms with E-state index in [4.69, 9.17) is 0 Å². The molecule has 1 unspecified atom stereocenters. The molecule has 1 atom stereocenters. The van der Waals surface area contributed by atoms with Crippen molar-refractivity contribution >= 4 is 17.3 Å². The number of para-hydroxylation sites is 2. The monoisotopic (exact) mass is 254 g/mol. The first-order valence-electron chi connectivity index (χ1n) is 6.17. The summed E-state index contributed by atoms with van der Waals surface area (Å²) in [4.78, 5) is 11.3. The van der Waals surface area contributed by atoms with Crippen LogP contribution in [0.4, 0.5) is 11.4 Å². The van der Waals surface area contributed by atoms with Gasteiger partial charge in [0.1, 0.15) is 0 Å². The summed E-state index contributed by atoms with van der Waals surface area (Å²) in [6.07, 6.45) is 0. The summed E-state index contributed by atoms with van der Waals surface area (Å²) in [7, 11) is 0. The molecule has 1 heterocycles. The molecule has 0 radical (unpaired) electrons. The maximum absolute atomic E-state index is 11.3. The summed E-state index contributed by atoms with van der Waals surface area (Å²) in [6.45, 7) is 0.668. The molecule has 19 heavy (non-hydrogen) atoms. The minimum Gasteiger partial charge on any atom is -0.478 e. The van der Waals surface area contributed by atoms with Gasteiger partial charge in [0.15, 0.2) is 0 Å². The van der Waals surface area contributed by atoms with Gasteiger partial charge < -0.3 is 15.7 Å². The van der Waals surface area contributed by atoms with Gasteiger partial charge in [-0.15, -0.1) is 0 Å². The van der Waals surface area contributed by atoms with Gasteiger partial charge in [-0.25, -0.2) is 4.79 Å². The lowest BCUT2D eigenvalue weighted by atomic mass is 9.98. The quantitative estimate of drug-likeness (QED) is 0.771. The lowest BCUT2D eigenvalue weighted by molar-refractivity contribution is 0.0695. The standard InChI is InChI=1S/C15H14N2O2/c18-15(19)11-6-2-1-5-10(11)14-9-16-12-7-3-4-8-13(12)17-14/h1-8,14,16-17H,9H2,(H,18,19). The fourth-order valence-corrected chi connectivity index (χ4v) is 2.40. The average molecular weight is 254 g/mol. The molecule has 0 amide bonds. The van der Waals surface area contributed by atoms with Crippen molar-refractivity contribution < 1.29 is 9.90 Å². The highest BCUT2D eigenvalue weighted by Crippen LogP contribution is 2.32. The molecule has 0 spiro atoms. The third-order valence-corrected chi connectivity index (χ3v) is 3.32. The Bertz CT molecular complexity index is 625.